The summed E-state index contributed by atoms with van der Waals surface area (Å²) in [5.74, 6) is 1.48. The lowest BCUT2D eigenvalue weighted by atomic mass is 10.1. The van der Waals surface area contributed by atoms with Crippen LogP contribution in [0.5, 0.6) is 23.0 Å². The van der Waals surface area contributed by atoms with E-state index in [-0.39, 0.29) is 28.3 Å². The molecule has 194 valence electrons. The number of aromatic nitrogens is 2. The van der Waals surface area contributed by atoms with Crippen LogP contribution in [0.2, 0.25) is 0 Å². The van der Waals surface area contributed by atoms with E-state index in [0.29, 0.717) is 46.5 Å². The van der Waals surface area contributed by atoms with Crippen LogP contribution in [0.25, 0.3) is 6.08 Å². The maximum atomic E-state index is 12.5. The predicted octanol–water partition coefficient (Wildman–Crippen LogP) is 3.35. The minimum absolute atomic E-state index is 0.0403. The second-order valence-electron chi connectivity index (χ2n) is 7.28. The Balaban J connectivity index is 1.66. The lowest BCUT2D eigenvalue weighted by Crippen LogP contribution is -2.13. The third-order valence-electron chi connectivity index (χ3n) is 4.54. The van der Waals surface area contributed by atoms with Gasteiger partial charge in [0.1, 0.15) is 36.4 Å². The van der Waals surface area contributed by atoms with Gasteiger partial charge in [0.15, 0.2) is 11.5 Å². The van der Waals surface area contributed by atoms with Crippen LogP contribution >= 0.6 is 11.3 Å². The van der Waals surface area contributed by atoms with E-state index < -0.39 is 15.7 Å². The van der Waals surface area contributed by atoms with E-state index in [9.17, 15) is 18.5 Å². The van der Waals surface area contributed by atoms with Crippen molar-refractivity contribution in [3.05, 3.63) is 53.6 Å². The van der Waals surface area contributed by atoms with Gasteiger partial charge in [-0.1, -0.05) is 23.5 Å². The second kappa shape index (κ2) is 12.7. The van der Waals surface area contributed by atoms with Crippen molar-refractivity contribution in [2.24, 2.45) is 0 Å². The zero-order valence-electron chi connectivity index (χ0n) is 20.3. The number of sulfone groups is 1. The Kier molecular flexibility index (Phi) is 9.42. The monoisotopic (exact) mass is 544 g/mol. The molecular formula is C24H24N4O7S2. The largest absolute Gasteiger partial charge is 0.497 e. The van der Waals surface area contributed by atoms with Crippen molar-refractivity contribution in [3.63, 3.8) is 0 Å². The highest BCUT2D eigenvalue weighted by molar-refractivity contribution is 7.92. The molecule has 1 N–H and O–H groups in total. The molecule has 2 aromatic carbocycles. The zero-order chi connectivity index (χ0) is 26.8. The number of nitrogens with one attached hydrogen (secondary N) is 1. The van der Waals surface area contributed by atoms with Crippen LogP contribution in [0.4, 0.5) is 5.13 Å². The topological polar surface area (TPSA) is 150 Å². The highest BCUT2D eigenvalue weighted by Crippen LogP contribution is 2.30. The maximum absolute atomic E-state index is 12.5. The Hall–Kier alpha value is -4.15. The van der Waals surface area contributed by atoms with E-state index in [2.05, 4.69) is 15.5 Å². The Bertz CT molecular complexity index is 1430. The molecule has 1 heterocycles. The summed E-state index contributed by atoms with van der Waals surface area (Å²) in [7, 11) is -1.98. The molecule has 3 aromatic rings. The number of rotatable bonds is 12. The van der Waals surface area contributed by atoms with Crippen LogP contribution in [0, 0.1) is 11.3 Å². The first-order valence-corrected chi connectivity index (χ1v) is 13.6. The van der Waals surface area contributed by atoms with Crippen molar-refractivity contribution in [2.45, 2.75) is 11.3 Å². The van der Waals surface area contributed by atoms with Crippen molar-refractivity contribution in [2.75, 3.05) is 38.5 Å². The van der Waals surface area contributed by atoms with E-state index in [1.54, 1.807) is 31.4 Å². The summed E-state index contributed by atoms with van der Waals surface area (Å²) in [6, 6.07) is 14.0. The van der Waals surface area contributed by atoms with Gasteiger partial charge in [-0.15, -0.1) is 10.2 Å². The first-order valence-electron chi connectivity index (χ1n) is 10.9. The average Bonchev–Trinajstić information content (AvgIpc) is 3.35. The summed E-state index contributed by atoms with van der Waals surface area (Å²) in [5.41, 5.74) is 0.295. The summed E-state index contributed by atoms with van der Waals surface area (Å²) in [6.45, 7) is 2.72. The van der Waals surface area contributed by atoms with Gasteiger partial charge in [0.25, 0.3) is 5.91 Å². The molecule has 0 atom stereocenters. The number of amides is 1. The molecule has 0 fully saturated rings. The van der Waals surface area contributed by atoms with Crippen molar-refractivity contribution in [1.82, 2.24) is 10.2 Å². The third-order valence-corrected chi connectivity index (χ3v) is 7.05. The van der Waals surface area contributed by atoms with E-state index in [1.165, 1.54) is 6.08 Å². The smallest absolute Gasteiger partial charge is 0.268 e. The fraction of sp³-hybridized carbons (Fsp3) is 0.250. The highest BCUT2D eigenvalue weighted by Gasteiger charge is 2.18. The fourth-order valence-corrected chi connectivity index (χ4v) is 4.40. The summed E-state index contributed by atoms with van der Waals surface area (Å²) in [4.78, 5) is 12.5. The second-order valence-corrected chi connectivity index (χ2v) is 10.5. The SMILES string of the molecule is CCOc1cc(C=C(C#N)C(=O)Nc2nnc(S(C)(=O)=O)s2)ccc1OCCOc1cccc(OC)c1. The average molecular weight is 545 g/mol. The van der Waals surface area contributed by atoms with Gasteiger partial charge >= 0.3 is 0 Å². The maximum Gasteiger partial charge on any atom is 0.268 e. The van der Waals surface area contributed by atoms with Crippen molar-refractivity contribution < 1.29 is 32.2 Å². The number of carbonyl (C=O) groups is 1. The van der Waals surface area contributed by atoms with E-state index in [0.717, 1.165) is 6.26 Å². The van der Waals surface area contributed by atoms with Crippen molar-refractivity contribution in [1.29, 1.82) is 5.26 Å². The van der Waals surface area contributed by atoms with E-state index in [1.807, 2.05) is 31.2 Å². The van der Waals surface area contributed by atoms with E-state index in [4.69, 9.17) is 18.9 Å². The lowest BCUT2D eigenvalue weighted by Gasteiger charge is -2.13. The van der Waals surface area contributed by atoms with Gasteiger partial charge in [0.05, 0.1) is 13.7 Å². The van der Waals surface area contributed by atoms with Crippen LogP contribution in [0.15, 0.2) is 52.4 Å². The van der Waals surface area contributed by atoms with Gasteiger partial charge in [-0.3, -0.25) is 10.1 Å². The standard InChI is InChI=1S/C24H24N4O7S2/c1-4-33-21-13-16(8-9-20(21)35-11-10-34-19-7-5-6-18(14-19)32-2)12-17(15-25)22(29)26-23-27-28-24(36-23)37(3,30)31/h5-9,12-14H,4,10-11H2,1-3H3,(H,26,27,29). The van der Waals surface area contributed by atoms with Crippen LogP contribution < -0.4 is 24.3 Å². The Morgan fingerprint density at radius 1 is 1.08 bits per heavy atom. The molecule has 0 unspecified atom stereocenters. The lowest BCUT2D eigenvalue weighted by molar-refractivity contribution is -0.112. The molecule has 1 amide bonds. The molecule has 0 spiro atoms. The first kappa shape index (κ1) is 27.4. The summed E-state index contributed by atoms with van der Waals surface area (Å²) in [6.07, 6.45) is 2.35. The molecular weight excluding hydrogens is 520 g/mol. The first-order chi connectivity index (χ1) is 17.7. The van der Waals surface area contributed by atoms with Gasteiger partial charge in [0.2, 0.25) is 19.3 Å². The quantitative estimate of drug-likeness (QED) is 0.156. The van der Waals surface area contributed by atoms with Gasteiger partial charge in [-0.05, 0) is 42.8 Å². The van der Waals surface area contributed by atoms with Gasteiger partial charge in [0, 0.05) is 12.3 Å². The van der Waals surface area contributed by atoms with Crippen LogP contribution in [0.3, 0.4) is 0 Å². The number of hydrogen-bond acceptors (Lipinski definition) is 11. The molecule has 0 aliphatic rings. The number of ether oxygens (including phenoxy) is 4. The zero-order valence-corrected chi connectivity index (χ0v) is 21.9. The van der Waals surface area contributed by atoms with Crippen molar-refractivity contribution >= 4 is 38.3 Å². The predicted molar refractivity (Wildman–Crippen MR) is 137 cm³/mol. The number of nitrogens with zero attached hydrogens (tertiary/aromatic N) is 3. The molecule has 11 nitrogen and oxygen atoms in total. The van der Waals surface area contributed by atoms with Crippen LogP contribution in [-0.4, -0.2) is 57.7 Å². The molecule has 13 heteroatoms. The van der Waals surface area contributed by atoms with Gasteiger partial charge < -0.3 is 18.9 Å². The molecule has 0 aliphatic carbocycles. The number of benzene rings is 2. The molecule has 1 aromatic heterocycles. The molecule has 0 bridgehead atoms. The van der Waals surface area contributed by atoms with Gasteiger partial charge in [-0.2, -0.15) is 5.26 Å². The number of hydrogen-bond donors (Lipinski definition) is 1. The number of carbonyl (C=O) groups excluding carboxylic acids is 1. The molecule has 37 heavy (non-hydrogen) atoms. The molecule has 0 saturated heterocycles. The summed E-state index contributed by atoms with van der Waals surface area (Å²) < 4.78 is 45.2. The summed E-state index contributed by atoms with van der Waals surface area (Å²) >= 11 is 0.691. The summed E-state index contributed by atoms with van der Waals surface area (Å²) in [5, 5.41) is 19.0. The number of anilines is 1. The Labute approximate surface area is 218 Å². The van der Waals surface area contributed by atoms with Crippen LogP contribution in [-0.2, 0) is 14.6 Å². The van der Waals surface area contributed by atoms with Crippen LogP contribution in [0.1, 0.15) is 12.5 Å². The fourth-order valence-electron chi connectivity index (χ4n) is 2.89. The highest BCUT2D eigenvalue weighted by atomic mass is 32.2. The molecule has 0 radical (unpaired) electrons. The Morgan fingerprint density at radius 2 is 1.84 bits per heavy atom. The Morgan fingerprint density at radius 3 is 2.51 bits per heavy atom. The minimum atomic E-state index is -3.56. The molecule has 0 saturated carbocycles. The minimum Gasteiger partial charge on any atom is -0.497 e. The third kappa shape index (κ3) is 7.92. The van der Waals surface area contributed by atoms with E-state index >= 15 is 0 Å². The van der Waals surface area contributed by atoms with Crippen molar-refractivity contribution in [3.8, 4) is 29.1 Å². The normalized spacial score (nSPS) is 11.4. The number of methoxy groups -OCH3 is 1. The molecule has 3 rings (SSSR count). The number of nitriles is 1. The molecule has 0 aliphatic heterocycles. The van der Waals surface area contributed by atoms with Gasteiger partial charge in [-0.25, -0.2) is 8.42 Å².